The molecule has 27 heavy (non-hydrogen) atoms. The number of anilines is 1. The van der Waals surface area contributed by atoms with Crippen molar-refractivity contribution in [3.05, 3.63) is 59.1 Å². The zero-order valence-electron chi connectivity index (χ0n) is 14.5. The summed E-state index contributed by atoms with van der Waals surface area (Å²) in [6.07, 6.45) is -0.359. The smallest absolute Gasteiger partial charge is 0.344 e. The van der Waals surface area contributed by atoms with Gasteiger partial charge in [-0.3, -0.25) is 14.5 Å². The zero-order valence-corrected chi connectivity index (χ0v) is 16.0. The van der Waals surface area contributed by atoms with Gasteiger partial charge in [-0.1, -0.05) is 47.6 Å². The topological polar surface area (TPSA) is 63.7 Å². The minimum Gasteiger partial charge on any atom is -0.452 e. The molecule has 138 valence electrons. The Morgan fingerprint density at radius 3 is 2.78 bits per heavy atom. The van der Waals surface area contributed by atoms with E-state index in [1.807, 2.05) is 24.3 Å². The first-order valence-electron chi connectivity index (χ1n) is 8.54. The van der Waals surface area contributed by atoms with Crippen molar-refractivity contribution in [2.75, 3.05) is 4.90 Å². The van der Waals surface area contributed by atoms with Crippen LogP contribution in [0.2, 0.25) is 5.02 Å². The molecule has 0 radical (unpaired) electrons. The lowest BCUT2D eigenvalue weighted by atomic mass is 10.1. The first-order valence-corrected chi connectivity index (χ1v) is 9.74. The van der Waals surface area contributed by atoms with E-state index in [2.05, 4.69) is 0 Å². The molecule has 0 aromatic heterocycles. The van der Waals surface area contributed by atoms with Crippen molar-refractivity contribution in [2.45, 2.75) is 35.6 Å². The summed E-state index contributed by atoms with van der Waals surface area (Å²) < 4.78 is 5.53. The van der Waals surface area contributed by atoms with Gasteiger partial charge in [-0.15, -0.1) is 0 Å². The van der Waals surface area contributed by atoms with Gasteiger partial charge in [0.1, 0.15) is 0 Å². The number of hydrogen-bond donors (Lipinski definition) is 0. The Morgan fingerprint density at radius 2 is 2.00 bits per heavy atom. The highest BCUT2D eigenvalue weighted by molar-refractivity contribution is 8.02. The molecule has 2 aromatic carbocycles. The third-order valence-electron chi connectivity index (χ3n) is 4.75. The molecule has 0 spiro atoms. The average molecular weight is 402 g/mol. The van der Waals surface area contributed by atoms with E-state index in [0.29, 0.717) is 17.0 Å². The summed E-state index contributed by atoms with van der Waals surface area (Å²) in [4.78, 5) is 39.3. The van der Waals surface area contributed by atoms with Crippen LogP contribution in [0.5, 0.6) is 0 Å². The summed E-state index contributed by atoms with van der Waals surface area (Å²) in [6, 6.07) is 13.9. The Hall–Kier alpha value is -2.31. The average Bonchev–Trinajstić information content (AvgIpc) is 3.17. The van der Waals surface area contributed by atoms with Gasteiger partial charge in [0.05, 0.1) is 5.69 Å². The molecule has 2 atom stereocenters. The van der Waals surface area contributed by atoms with Crippen LogP contribution in [-0.2, 0) is 14.3 Å². The number of halogens is 1. The van der Waals surface area contributed by atoms with Gasteiger partial charge in [0.15, 0.2) is 11.0 Å². The minimum atomic E-state index is -1.14. The van der Waals surface area contributed by atoms with Gasteiger partial charge in [-0.05, 0) is 31.2 Å². The largest absolute Gasteiger partial charge is 0.452 e. The molecule has 1 amide bonds. The van der Waals surface area contributed by atoms with Crippen LogP contribution in [0.15, 0.2) is 53.4 Å². The van der Waals surface area contributed by atoms with Crippen LogP contribution in [0.3, 0.4) is 0 Å². The SMILES string of the molecule is C[C@H](OC(=O)[C@]12CCC(=O)N1c1ccccc1S2)C(=O)c1cccc(Cl)c1. The van der Waals surface area contributed by atoms with E-state index in [0.717, 1.165) is 10.6 Å². The third kappa shape index (κ3) is 2.93. The minimum absolute atomic E-state index is 0.113. The molecule has 0 saturated carbocycles. The fraction of sp³-hybridized carbons (Fsp3) is 0.250. The molecule has 0 aliphatic carbocycles. The number of esters is 1. The van der Waals surface area contributed by atoms with Gasteiger partial charge in [0.2, 0.25) is 11.7 Å². The molecule has 5 nitrogen and oxygen atoms in total. The molecule has 1 saturated heterocycles. The number of amides is 1. The van der Waals surface area contributed by atoms with Crippen molar-refractivity contribution in [3.63, 3.8) is 0 Å². The van der Waals surface area contributed by atoms with Crippen molar-refractivity contribution in [3.8, 4) is 0 Å². The molecule has 2 aromatic rings. The van der Waals surface area contributed by atoms with E-state index in [4.69, 9.17) is 16.3 Å². The summed E-state index contributed by atoms with van der Waals surface area (Å²) in [5.41, 5.74) is 1.10. The van der Waals surface area contributed by atoms with Crippen molar-refractivity contribution in [2.24, 2.45) is 0 Å². The fourth-order valence-electron chi connectivity index (χ4n) is 3.45. The van der Waals surface area contributed by atoms with Crippen LogP contribution in [0.25, 0.3) is 0 Å². The molecule has 7 heteroatoms. The maximum Gasteiger partial charge on any atom is 0.344 e. The Bertz CT molecular complexity index is 963. The van der Waals surface area contributed by atoms with Crippen LogP contribution >= 0.6 is 23.4 Å². The van der Waals surface area contributed by atoms with Gasteiger partial charge >= 0.3 is 5.97 Å². The lowest BCUT2D eigenvalue weighted by Gasteiger charge is -2.29. The second-order valence-electron chi connectivity index (χ2n) is 6.51. The molecular weight excluding hydrogens is 386 g/mol. The lowest BCUT2D eigenvalue weighted by Crippen LogP contribution is -2.49. The number of thioether (sulfide) groups is 1. The van der Waals surface area contributed by atoms with E-state index in [1.54, 1.807) is 18.2 Å². The van der Waals surface area contributed by atoms with Crippen molar-refractivity contribution >= 4 is 46.7 Å². The first kappa shape index (κ1) is 18.1. The Labute approximate surface area is 165 Å². The van der Waals surface area contributed by atoms with Gasteiger partial charge in [-0.25, -0.2) is 4.79 Å². The van der Waals surface area contributed by atoms with E-state index in [1.165, 1.54) is 29.7 Å². The van der Waals surface area contributed by atoms with Crippen molar-refractivity contribution in [1.82, 2.24) is 0 Å². The molecule has 4 rings (SSSR count). The first-order chi connectivity index (χ1) is 12.9. The Balaban J connectivity index is 1.58. The molecule has 0 N–H and O–H groups in total. The number of carbonyl (C=O) groups is 3. The highest BCUT2D eigenvalue weighted by Crippen LogP contribution is 2.56. The number of fused-ring (bicyclic) bond motifs is 3. The maximum atomic E-state index is 13.1. The molecule has 2 aliphatic rings. The molecular formula is C20H16ClNO4S. The lowest BCUT2D eigenvalue weighted by molar-refractivity contribution is -0.149. The maximum absolute atomic E-state index is 13.1. The van der Waals surface area contributed by atoms with Crippen LogP contribution in [0, 0.1) is 0 Å². The summed E-state index contributed by atoms with van der Waals surface area (Å²) >= 11 is 7.25. The van der Waals surface area contributed by atoms with Gasteiger partial charge < -0.3 is 4.74 Å². The number of carbonyl (C=O) groups excluding carboxylic acids is 3. The van der Waals surface area contributed by atoms with E-state index < -0.39 is 16.9 Å². The molecule has 2 heterocycles. The normalized spacial score (nSPS) is 21.6. The summed E-state index contributed by atoms with van der Waals surface area (Å²) in [7, 11) is 0. The van der Waals surface area contributed by atoms with Crippen LogP contribution in [0.4, 0.5) is 5.69 Å². The van der Waals surface area contributed by atoms with Crippen LogP contribution in [0.1, 0.15) is 30.1 Å². The number of benzene rings is 2. The third-order valence-corrected chi connectivity index (χ3v) is 6.45. The second kappa shape index (κ2) is 6.69. The number of Topliss-reactive ketones (excluding diaryl/α,β-unsaturated/α-hetero) is 1. The number of hydrogen-bond acceptors (Lipinski definition) is 5. The second-order valence-corrected chi connectivity index (χ2v) is 8.26. The highest BCUT2D eigenvalue weighted by atomic mass is 35.5. The van der Waals surface area contributed by atoms with E-state index in [9.17, 15) is 14.4 Å². The van der Waals surface area contributed by atoms with Gasteiger partial charge in [-0.2, -0.15) is 0 Å². The Kier molecular flexibility index (Phi) is 4.48. The monoisotopic (exact) mass is 401 g/mol. The number of ether oxygens (including phenoxy) is 1. The van der Waals surface area contributed by atoms with Gasteiger partial charge in [0.25, 0.3) is 0 Å². The van der Waals surface area contributed by atoms with Crippen molar-refractivity contribution in [1.29, 1.82) is 0 Å². The van der Waals surface area contributed by atoms with E-state index in [-0.39, 0.29) is 18.1 Å². The molecule has 0 bridgehead atoms. The number of rotatable bonds is 4. The fourth-order valence-corrected chi connectivity index (χ4v) is 5.05. The van der Waals surface area contributed by atoms with Gasteiger partial charge in [0, 0.05) is 28.3 Å². The summed E-state index contributed by atoms with van der Waals surface area (Å²) in [5, 5.41) is 0.437. The summed E-state index contributed by atoms with van der Waals surface area (Å²) in [5.74, 6) is -1.02. The number of nitrogens with zero attached hydrogens (tertiary/aromatic N) is 1. The predicted molar refractivity (Wildman–Crippen MR) is 103 cm³/mol. The zero-order chi connectivity index (χ0) is 19.2. The predicted octanol–water partition coefficient (Wildman–Crippen LogP) is 4.08. The Morgan fingerprint density at radius 1 is 1.22 bits per heavy atom. The molecule has 2 aliphatic heterocycles. The molecule has 1 fully saturated rings. The van der Waals surface area contributed by atoms with Crippen LogP contribution < -0.4 is 4.90 Å². The van der Waals surface area contributed by atoms with Crippen LogP contribution in [-0.4, -0.2) is 28.6 Å². The number of para-hydroxylation sites is 1. The van der Waals surface area contributed by atoms with E-state index >= 15 is 0 Å². The van der Waals surface area contributed by atoms with Crippen molar-refractivity contribution < 1.29 is 19.1 Å². The molecule has 0 unspecified atom stereocenters. The highest BCUT2D eigenvalue weighted by Gasteiger charge is 2.58. The quantitative estimate of drug-likeness (QED) is 0.570. The standard InChI is InChI=1S/C20H16ClNO4S/c1-12(18(24)13-5-4-6-14(21)11-13)26-19(25)20-10-9-17(23)22(20)15-7-2-3-8-16(15)27-20/h2-8,11-12H,9-10H2,1H3/t12-,20+/m0/s1. The number of ketones is 1. The summed E-state index contributed by atoms with van der Waals surface area (Å²) in [6.45, 7) is 1.53.